The summed E-state index contributed by atoms with van der Waals surface area (Å²) in [6.07, 6.45) is 0. The van der Waals surface area contributed by atoms with Crippen molar-refractivity contribution in [1.82, 2.24) is 5.32 Å². The Balaban J connectivity index is 1.83. The van der Waals surface area contributed by atoms with E-state index in [0.29, 0.717) is 6.04 Å². The number of hydrogen-bond acceptors (Lipinski definition) is 5. The van der Waals surface area contributed by atoms with Gasteiger partial charge in [-0.05, 0) is 25.5 Å². The van der Waals surface area contributed by atoms with Crippen LogP contribution in [0.4, 0.5) is 5.69 Å². The second-order valence-corrected chi connectivity index (χ2v) is 6.72. The molecule has 1 aromatic carbocycles. The van der Waals surface area contributed by atoms with Gasteiger partial charge in [0.1, 0.15) is 4.21 Å². The first kappa shape index (κ1) is 12.6. The third-order valence-electron chi connectivity index (χ3n) is 2.65. The summed E-state index contributed by atoms with van der Waals surface area (Å²) in [7, 11) is 0. The van der Waals surface area contributed by atoms with Gasteiger partial charge < -0.3 is 10.6 Å². The summed E-state index contributed by atoms with van der Waals surface area (Å²) in [5.74, 6) is 0.838. The van der Waals surface area contributed by atoms with Crippen LogP contribution in [0.25, 0.3) is 10.4 Å². The van der Waals surface area contributed by atoms with Crippen LogP contribution in [0, 0.1) is 0 Å². The third kappa shape index (κ3) is 2.77. The maximum Gasteiger partial charge on any atom is 0.208 e. The number of anilines is 1. The molecule has 0 saturated heterocycles. The summed E-state index contributed by atoms with van der Waals surface area (Å²) in [5, 5.41) is 6.64. The SMILES string of the molecule is CC(C)NC1=NSc2sc(-c3ccccc3)cc2N1. The smallest absolute Gasteiger partial charge is 0.208 e. The lowest BCUT2D eigenvalue weighted by Gasteiger charge is -2.17. The molecule has 2 heterocycles. The molecule has 2 aromatic rings. The van der Waals surface area contributed by atoms with E-state index in [1.807, 2.05) is 6.07 Å². The molecule has 0 spiro atoms. The van der Waals surface area contributed by atoms with Crippen molar-refractivity contribution in [3.8, 4) is 10.4 Å². The van der Waals surface area contributed by atoms with Crippen molar-refractivity contribution in [3.63, 3.8) is 0 Å². The van der Waals surface area contributed by atoms with Crippen LogP contribution in [-0.4, -0.2) is 12.0 Å². The maximum atomic E-state index is 4.44. The van der Waals surface area contributed by atoms with E-state index in [4.69, 9.17) is 0 Å². The highest BCUT2D eigenvalue weighted by atomic mass is 32.2. The molecule has 1 aromatic heterocycles. The molecular formula is C14H15N3S2. The Morgan fingerprint density at radius 2 is 2.00 bits per heavy atom. The molecule has 2 N–H and O–H groups in total. The van der Waals surface area contributed by atoms with Gasteiger partial charge in [-0.2, -0.15) is 4.40 Å². The Bertz CT molecular complexity index is 602. The molecule has 0 bridgehead atoms. The van der Waals surface area contributed by atoms with E-state index >= 15 is 0 Å². The predicted octanol–water partition coefficient (Wildman–Crippen LogP) is 4.20. The van der Waals surface area contributed by atoms with Crippen LogP contribution in [0.3, 0.4) is 0 Å². The Kier molecular flexibility index (Phi) is 3.48. The minimum absolute atomic E-state index is 0.376. The molecule has 0 amide bonds. The molecule has 0 atom stereocenters. The van der Waals surface area contributed by atoms with Gasteiger partial charge in [-0.3, -0.25) is 0 Å². The van der Waals surface area contributed by atoms with E-state index in [-0.39, 0.29) is 0 Å². The lowest BCUT2D eigenvalue weighted by Crippen LogP contribution is -2.36. The van der Waals surface area contributed by atoms with Gasteiger partial charge in [0.25, 0.3) is 0 Å². The van der Waals surface area contributed by atoms with Crippen molar-refractivity contribution < 1.29 is 0 Å². The van der Waals surface area contributed by atoms with E-state index < -0.39 is 0 Å². The number of benzene rings is 1. The summed E-state index contributed by atoms with van der Waals surface area (Å²) in [4.78, 5) is 1.27. The van der Waals surface area contributed by atoms with Gasteiger partial charge in [0.05, 0.1) is 5.69 Å². The van der Waals surface area contributed by atoms with Crippen LogP contribution in [0.1, 0.15) is 13.8 Å². The molecule has 19 heavy (non-hydrogen) atoms. The minimum atomic E-state index is 0.376. The first-order valence-corrected chi connectivity index (χ1v) is 7.79. The highest BCUT2D eigenvalue weighted by Gasteiger charge is 2.17. The van der Waals surface area contributed by atoms with E-state index in [1.165, 1.54) is 26.6 Å². The summed E-state index contributed by atoms with van der Waals surface area (Å²) >= 11 is 3.31. The first-order chi connectivity index (χ1) is 9.22. The minimum Gasteiger partial charge on any atom is -0.353 e. The second-order valence-electron chi connectivity index (χ2n) is 4.63. The van der Waals surface area contributed by atoms with Crippen molar-refractivity contribution in [1.29, 1.82) is 0 Å². The monoisotopic (exact) mass is 289 g/mol. The average Bonchev–Trinajstić information content (AvgIpc) is 2.82. The topological polar surface area (TPSA) is 36.4 Å². The standard InChI is InChI=1S/C14H15N3S2/c1-9(2)15-14-16-11-8-12(18-13(11)19-17-14)10-6-4-3-5-7-10/h3-9H,1-2H3,(H2,15,16,17). The zero-order valence-corrected chi connectivity index (χ0v) is 12.4. The Hall–Kier alpha value is -1.46. The first-order valence-electron chi connectivity index (χ1n) is 6.20. The lowest BCUT2D eigenvalue weighted by molar-refractivity contribution is 0.733. The fraction of sp³-hybridized carbons (Fsp3) is 0.214. The van der Waals surface area contributed by atoms with E-state index in [2.05, 4.69) is 59.2 Å². The fourth-order valence-corrected chi connectivity index (χ4v) is 3.71. The Labute approximate surface area is 121 Å². The highest BCUT2D eigenvalue weighted by molar-refractivity contribution is 8.00. The van der Waals surface area contributed by atoms with Gasteiger partial charge in [-0.25, -0.2) is 0 Å². The molecule has 3 rings (SSSR count). The summed E-state index contributed by atoms with van der Waals surface area (Å²) in [5.41, 5.74) is 2.40. The van der Waals surface area contributed by atoms with Crippen LogP contribution in [0.5, 0.6) is 0 Å². The van der Waals surface area contributed by atoms with Crippen LogP contribution in [-0.2, 0) is 0 Å². The molecule has 0 saturated carbocycles. The molecule has 5 heteroatoms. The second kappa shape index (κ2) is 5.27. The van der Waals surface area contributed by atoms with Crippen LogP contribution in [0.15, 0.2) is 45.0 Å². The molecule has 0 radical (unpaired) electrons. The number of fused-ring (bicyclic) bond motifs is 1. The quantitative estimate of drug-likeness (QED) is 0.813. The molecule has 3 nitrogen and oxygen atoms in total. The molecule has 98 valence electrons. The molecule has 0 aliphatic carbocycles. The van der Waals surface area contributed by atoms with Crippen molar-refractivity contribution in [2.45, 2.75) is 24.1 Å². The largest absolute Gasteiger partial charge is 0.353 e. The van der Waals surface area contributed by atoms with Crippen molar-refractivity contribution in [3.05, 3.63) is 36.4 Å². The normalized spacial score (nSPS) is 13.7. The third-order valence-corrected chi connectivity index (χ3v) is 4.77. The zero-order chi connectivity index (χ0) is 13.2. The van der Waals surface area contributed by atoms with Gasteiger partial charge in [0.15, 0.2) is 0 Å². The summed E-state index contributed by atoms with van der Waals surface area (Å²) in [6.45, 7) is 4.21. The summed E-state index contributed by atoms with van der Waals surface area (Å²) in [6, 6.07) is 13.0. The maximum absolute atomic E-state index is 4.44. The van der Waals surface area contributed by atoms with Crippen LogP contribution >= 0.6 is 23.3 Å². The van der Waals surface area contributed by atoms with Crippen molar-refractivity contribution >= 4 is 34.9 Å². The Morgan fingerprint density at radius 1 is 1.21 bits per heavy atom. The van der Waals surface area contributed by atoms with Gasteiger partial charge >= 0.3 is 0 Å². The Morgan fingerprint density at radius 3 is 2.74 bits per heavy atom. The highest BCUT2D eigenvalue weighted by Crippen LogP contribution is 2.43. The number of guanidine groups is 1. The number of nitrogens with one attached hydrogen (secondary N) is 2. The van der Waals surface area contributed by atoms with Gasteiger partial charge in [0.2, 0.25) is 5.96 Å². The zero-order valence-electron chi connectivity index (χ0n) is 10.8. The molecular weight excluding hydrogens is 274 g/mol. The fourth-order valence-electron chi connectivity index (χ4n) is 1.85. The molecule has 1 aliphatic rings. The van der Waals surface area contributed by atoms with Gasteiger partial charge in [0, 0.05) is 22.9 Å². The molecule has 0 unspecified atom stereocenters. The van der Waals surface area contributed by atoms with E-state index in [0.717, 1.165) is 11.6 Å². The lowest BCUT2D eigenvalue weighted by atomic mass is 10.2. The number of rotatable bonds is 2. The summed E-state index contributed by atoms with van der Waals surface area (Å²) < 4.78 is 5.66. The van der Waals surface area contributed by atoms with Crippen LogP contribution < -0.4 is 10.6 Å². The predicted molar refractivity (Wildman–Crippen MR) is 84.9 cm³/mol. The average molecular weight is 289 g/mol. The molecule has 1 aliphatic heterocycles. The van der Waals surface area contributed by atoms with Gasteiger partial charge in [-0.1, -0.05) is 30.3 Å². The van der Waals surface area contributed by atoms with Crippen LogP contribution in [0.2, 0.25) is 0 Å². The van der Waals surface area contributed by atoms with Crippen molar-refractivity contribution in [2.24, 2.45) is 4.40 Å². The number of hydrogen-bond donors (Lipinski definition) is 2. The van der Waals surface area contributed by atoms with Crippen molar-refractivity contribution in [2.75, 3.05) is 5.32 Å². The van der Waals surface area contributed by atoms with E-state index in [9.17, 15) is 0 Å². The molecule has 0 fully saturated rings. The van der Waals surface area contributed by atoms with Gasteiger partial charge in [-0.15, -0.1) is 11.3 Å². The number of nitrogens with zero attached hydrogens (tertiary/aromatic N) is 1. The van der Waals surface area contributed by atoms with E-state index in [1.54, 1.807) is 11.3 Å². The number of thiophene rings is 1.